The summed E-state index contributed by atoms with van der Waals surface area (Å²) in [6.45, 7) is 5.95. The van der Waals surface area contributed by atoms with E-state index in [2.05, 4.69) is 15.0 Å². The number of hydrogen-bond acceptors (Lipinski definition) is 4. The van der Waals surface area contributed by atoms with Crippen LogP contribution in [-0.2, 0) is 38.2 Å². The van der Waals surface area contributed by atoms with E-state index in [1.165, 1.54) is 64.1 Å². The second-order valence-corrected chi connectivity index (χ2v) is 16.5. The molecule has 0 saturated heterocycles. The average Bonchev–Trinajstić information content (AvgIpc) is 1.21. The molecule has 0 radical (unpaired) electrons. The largest absolute Gasteiger partial charge is 0.452 e. The van der Waals surface area contributed by atoms with Gasteiger partial charge in [0.05, 0.1) is 23.9 Å². The van der Waals surface area contributed by atoms with Crippen LogP contribution in [0.1, 0.15) is 110 Å². The van der Waals surface area contributed by atoms with Crippen LogP contribution in [0.25, 0.3) is 66.8 Å². The number of benzene rings is 6. The number of furan rings is 1. The molecule has 0 atom stereocenters. The summed E-state index contributed by atoms with van der Waals surface area (Å²) in [6, 6.07) is 30.3. The van der Waals surface area contributed by atoms with Crippen molar-refractivity contribution in [1.29, 1.82) is 0 Å². The van der Waals surface area contributed by atoms with Crippen molar-refractivity contribution in [3.8, 4) is 44.9 Å². The lowest BCUT2D eigenvalue weighted by Gasteiger charge is -2.16. The van der Waals surface area contributed by atoms with Crippen molar-refractivity contribution in [1.82, 2.24) is 15.0 Å². The first-order valence-corrected chi connectivity index (χ1v) is 21.9. The highest BCUT2D eigenvalue weighted by molar-refractivity contribution is 6.10. The second-order valence-electron chi connectivity index (χ2n) is 16.5. The highest BCUT2D eigenvalue weighted by atomic mass is 19.1. The van der Waals surface area contributed by atoms with E-state index >= 15 is 4.39 Å². The quantitative estimate of drug-likeness (QED) is 0.103. The lowest BCUT2D eigenvalue weighted by molar-refractivity contribution is 0.587. The molecule has 10 rings (SSSR count). The van der Waals surface area contributed by atoms with Gasteiger partial charge < -0.3 is 4.42 Å². The van der Waals surface area contributed by atoms with Gasteiger partial charge in [-0.05, 0) is 130 Å². The van der Waals surface area contributed by atoms with E-state index in [1.54, 1.807) is 78.9 Å². The summed E-state index contributed by atoms with van der Waals surface area (Å²) in [4.78, 5) is 13.5. The number of aryl methyl sites for hydroxylation is 6. The highest BCUT2D eigenvalue weighted by Crippen LogP contribution is 2.39. The van der Waals surface area contributed by atoms with Crippen LogP contribution in [-0.4, -0.2) is 15.0 Å². The highest BCUT2D eigenvalue weighted by Gasteiger charge is 2.19. The zero-order chi connectivity index (χ0) is 63.5. The van der Waals surface area contributed by atoms with Gasteiger partial charge in [-0.25, -0.2) is 4.39 Å². The predicted molar refractivity (Wildman–Crippen MR) is 279 cm³/mol. The van der Waals surface area contributed by atoms with Crippen molar-refractivity contribution in [2.45, 2.75) is 77.7 Å². The molecule has 0 spiro atoms. The minimum Gasteiger partial charge on any atom is -0.452 e. The summed E-state index contributed by atoms with van der Waals surface area (Å²) in [7, 11) is 0. The fraction of sp³-hybridized carbons (Fsp3) is 0.190. The number of halogens is 1. The van der Waals surface area contributed by atoms with Crippen molar-refractivity contribution in [2.24, 2.45) is 0 Å². The minimum atomic E-state index is -3.31. The van der Waals surface area contributed by atoms with Crippen LogP contribution in [0.2, 0.25) is 0 Å². The molecule has 0 aliphatic heterocycles. The molecule has 0 amide bonds. The molecular weight excluding hydrogens is 834 g/mol. The second kappa shape index (κ2) is 19.8. The van der Waals surface area contributed by atoms with Gasteiger partial charge in [0.1, 0.15) is 5.58 Å². The summed E-state index contributed by atoms with van der Waals surface area (Å²) in [5.41, 5.74) is -1.66. The molecule has 0 fully saturated rings. The van der Waals surface area contributed by atoms with Gasteiger partial charge in [0.25, 0.3) is 0 Å². The number of aromatic nitrogens is 3. The molecule has 0 aliphatic carbocycles. The van der Waals surface area contributed by atoms with Gasteiger partial charge in [0.15, 0.2) is 11.4 Å². The van der Waals surface area contributed by atoms with Gasteiger partial charge in [-0.1, -0.05) is 161 Å². The zero-order valence-electron chi connectivity index (χ0n) is 56.6. The molecule has 0 N–H and O–H groups in total. The van der Waals surface area contributed by atoms with Crippen LogP contribution < -0.4 is 0 Å². The van der Waals surface area contributed by atoms with Gasteiger partial charge >= 0.3 is 0 Å². The third-order valence-electron chi connectivity index (χ3n) is 11.4. The topological polar surface area (TPSA) is 51.8 Å². The van der Waals surface area contributed by atoms with Crippen LogP contribution in [0.3, 0.4) is 0 Å². The summed E-state index contributed by atoms with van der Waals surface area (Å²) in [6.07, 6.45) is -16.1. The number of para-hydroxylation sites is 1. The first-order chi connectivity index (χ1) is 40.5. The van der Waals surface area contributed by atoms with Crippen LogP contribution in [0.5, 0.6) is 0 Å². The smallest absolute Gasteiger partial charge is 0.174 e. The molecule has 0 aliphatic rings. The Bertz CT molecular complexity index is 4160. The van der Waals surface area contributed by atoms with Gasteiger partial charge in [-0.2, -0.15) is 0 Å². The van der Waals surface area contributed by atoms with Crippen LogP contribution in [0, 0.1) is 5.82 Å². The SMILES string of the molecule is [2H]c1c([2H])c([2H])c(-c2ccc3c(oc4c(-c5ccc(C([2H])([2H])C([2H])([2H])c6cc(C([2H])([2H])C([2H])([2H])c7cnc(-c8ccccc8)cc7C([2H])(C)C)cc(C([2H])([2H])C([2H])([2H])c7cnc(-c8ccccc8)cc7C([2H])(C)C)c6)cn5)cccc43)c2F)c([2H])c1[2H]. The molecule has 4 heterocycles. The standard InChI is InChI=1S/C63H56FN3O/c1-41(2)56-36-59(48-17-10-6-11-18-48)66-39-50(56)28-25-45-33-44(34-46(35-45)26-29-51-40-67-60(37-57(51)42(3)4)49-19-12-7-13-20-49)24-23-43-27-32-58(65-38-43)55-22-14-21-53-54-31-30-52(47-15-8-5-9-16-47)61(64)63(54)68-62(53)55/h5-22,27,30-42H,23-26,28-29H2,1-4H3/i5D,8D,9D,15D,16D,23D2,24D2,25D2,26D2,28D2,29D2,41D,42D. The van der Waals surface area contributed by atoms with Gasteiger partial charge in [-0.3, -0.25) is 15.0 Å². The predicted octanol–water partition coefficient (Wildman–Crippen LogP) is 16.2. The summed E-state index contributed by atoms with van der Waals surface area (Å²) < 4.78 is 198. The molecule has 0 unspecified atom stereocenters. The molecule has 4 nitrogen and oxygen atoms in total. The molecule has 68 heavy (non-hydrogen) atoms. The fourth-order valence-corrected chi connectivity index (χ4v) is 7.97. The Labute approximate surface area is 426 Å². The molecule has 0 saturated carbocycles. The van der Waals surface area contributed by atoms with E-state index in [9.17, 15) is 16.4 Å². The Balaban J connectivity index is 1.10. The lowest BCUT2D eigenvalue weighted by Crippen LogP contribution is -2.04. The zero-order valence-corrected chi connectivity index (χ0v) is 37.6. The monoisotopic (exact) mass is 909 g/mol. The number of fused-ring (bicyclic) bond motifs is 3. The molecule has 4 aromatic heterocycles. The van der Waals surface area contributed by atoms with Crippen molar-refractivity contribution >= 4 is 21.9 Å². The van der Waals surface area contributed by atoms with Gasteiger partial charge in [-0.15, -0.1) is 0 Å². The van der Waals surface area contributed by atoms with E-state index in [0.29, 0.717) is 27.9 Å². The molecule has 0 bridgehead atoms. The molecule has 5 heteroatoms. The molecular formula is C63H56FN3O. The van der Waals surface area contributed by atoms with Crippen LogP contribution >= 0.6 is 0 Å². The van der Waals surface area contributed by atoms with Crippen LogP contribution in [0.4, 0.5) is 4.39 Å². The Hall–Kier alpha value is -7.50. The van der Waals surface area contributed by atoms with Gasteiger partial charge in [0, 0.05) is 70.8 Å². The first-order valence-electron chi connectivity index (χ1n) is 31.4. The van der Waals surface area contributed by atoms with E-state index in [-0.39, 0.29) is 66.8 Å². The van der Waals surface area contributed by atoms with Crippen molar-refractivity contribution < 1.29 is 34.9 Å². The lowest BCUT2D eigenvalue weighted by atomic mass is 9.90. The maximum absolute atomic E-state index is 16.6. The minimum absolute atomic E-state index is 0.0397. The molecule has 6 aromatic carbocycles. The van der Waals surface area contributed by atoms with Crippen molar-refractivity contribution in [2.75, 3.05) is 0 Å². The summed E-state index contributed by atoms with van der Waals surface area (Å²) in [5, 5.41) is 0.672. The summed E-state index contributed by atoms with van der Waals surface area (Å²) in [5.74, 6) is -4.14. The number of pyridine rings is 3. The molecule has 10 aromatic rings. The third-order valence-corrected chi connectivity index (χ3v) is 11.4. The number of nitrogens with zero attached hydrogens (tertiary/aromatic N) is 3. The third kappa shape index (κ3) is 9.52. The Kier molecular flexibility index (Phi) is 7.95. The average molecular weight is 909 g/mol. The normalized spacial score (nSPS) is 17.3. The Morgan fingerprint density at radius 1 is 0.485 bits per heavy atom. The van der Waals surface area contributed by atoms with Crippen molar-refractivity contribution in [3.63, 3.8) is 0 Å². The van der Waals surface area contributed by atoms with E-state index < -0.39 is 103 Å². The first kappa shape index (κ1) is 27.3. The number of rotatable bonds is 15. The maximum Gasteiger partial charge on any atom is 0.174 e. The summed E-state index contributed by atoms with van der Waals surface area (Å²) >= 11 is 0. The number of hydrogen-bond donors (Lipinski definition) is 0. The molecule has 336 valence electrons. The Morgan fingerprint density at radius 2 is 1.01 bits per heavy atom. The van der Waals surface area contributed by atoms with E-state index in [1.807, 2.05) is 0 Å². The van der Waals surface area contributed by atoms with E-state index in [4.69, 9.17) is 14.0 Å². The van der Waals surface area contributed by atoms with Crippen LogP contribution in [0.15, 0.2) is 187 Å². The van der Waals surface area contributed by atoms with Gasteiger partial charge in [0.2, 0.25) is 0 Å². The Morgan fingerprint density at radius 3 is 1.56 bits per heavy atom. The van der Waals surface area contributed by atoms with Crippen molar-refractivity contribution in [3.05, 3.63) is 233 Å². The van der Waals surface area contributed by atoms with E-state index in [0.717, 1.165) is 36.8 Å². The fourth-order valence-electron chi connectivity index (χ4n) is 7.97. The maximum atomic E-state index is 16.6.